The van der Waals surface area contributed by atoms with Crippen LogP contribution in [0.1, 0.15) is 37.0 Å². The van der Waals surface area contributed by atoms with Gasteiger partial charge in [0, 0.05) is 4.47 Å². The van der Waals surface area contributed by atoms with Crippen LogP contribution in [0.2, 0.25) is 0 Å². The summed E-state index contributed by atoms with van der Waals surface area (Å²) in [7, 11) is 0. The summed E-state index contributed by atoms with van der Waals surface area (Å²) in [6, 6.07) is 3.34. The van der Waals surface area contributed by atoms with Crippen molar-refractivity contribution in [3.05, 3.63) is 28.0 Å². The molecule has 2 aromatic rings. The van der Waals surface area contributed by atoms with Crippen molar-refractivity contribution in [1.82, 2.24) is 9.97 Å². The smallest absolute Gasteiger partial charge is 0.338 e. The van der Waals surface area contributed by atoms with Gasteiger partial charge in [-0.15, -0.1) is 0 Å². The molecule has 0 saturated heterocycles. The molecule has 0 aliphatic heterocycles. The highest BCUT2D eigenvalue weighted by atomic mass is 79.9. The normalized spacial score (nSPS) is 12.0. The van der Waals surface area contributed by atoms with Gasteiger partial charge in [0.1, 0.15) is 17.9 Å². The first-order valence-corrected chi connectivity index (χ1v) is 6.61. The van der Waals surface area contributed by atoms with E-state index in [4.69, 9.17) is 9.84 Å². The van der Waals surface area contributed by atoms with E-state index in [9.17, 15) is 4.79 Å². The topological polar surface area (TPSA) is 75.2 Å². The molecule has 19 heavy (non-hydrogen) atoms. The maximum Gasteiger partial charge on any atom is 0.338 e. The van der Waals surface area contributed by atoms with Crippen molar-refractivity contribution in [1.29, 1.82) is 0 Å². The summed E-state index contributed by atoms with van der Waals surface area (Å²) in [5.74, 6) is -0.383. The van der Waals surface area contributed by atoms with Gasteiger partial charge in [0.05, 0.1) is 16.7 Å². The van der Waals surface area contributed by atoms with E-state index in [-0.39, 0.29) is 11.2 Å². The highest BCUT2D eigenvalue weighted by Crippen LogP contribution is 2.23. The first kappa shape index (κ1) is 14.0. The fourth-order valence-electron chi connectivity index (χ4n) is 1.65. The van der Waals surface area contributed by atoms with Gasteiger partial charge in [-0.1, -0.05) is 15.9 Å². The zero-order chi connectivity index (χ0) is 14.2. The maximum atomic E-state index is 11.2. The minimum Gasteiger partial charge on any atom is -0.478 e. The van der Waals surface area contributed by atoms with Crippen LogP contribution in [-0.2, 0) is 11.3 Å². The second kappa shape index (κ2) is 4.94. The summed E-state index contributed by atoms with van der Waals surface area (Å²) >= 11 is 3.29. The van der Waals surface area contributed by atoms with Crippen molar-refractivity contribution in [3.8, 4) is 0 Å². The lowest BCUT2D eigenvalue weighted by Gasteiger charge is -2.18. The van der Waals surface area contributed by atoms with Gasteiger partial charge in [0.25, 0.3) is 0 Å². The monoisotopic (exact) mass is 326 g/mol. The molecule has 0 bridgehead atoms. The number of H-pyrrole nitrogens is 1. The Morgan fingerprint density at radius 2 is 2.16 bits per heavy atom. The van der Waals surface area contributed by atoms with Gasteiger partial charge in [-0.05, 0) is 32.9 Å². The average Bonchev–Trinajstić information content (AvgIpc) is 2.66. The van der Waals surface area contributed by atoms with Crippen molar-refractivity contribution in [2.75, 3.05) is 0 Å². The summed E-state index contributed by atoms with van der Waals surface area (Å²) in [6.45, 7) is 6.17. The number of hydrogen-bond donors (Lipinski definition) is 2. The minimum atomic E-state index is -0.999. The van der Waals surface area contributed by atoms with Crippen molar-refractivity contribution in [2.24, 2.45) is 0 Å². The van der Waals surface area contributed by atoms with Crippen molar-refractivity contribution in [2.45, 2.75) is 33.0 Å². The van der Waals surface area contributed by atoms with E-state index in [0.717, 1.165) is 0 Å². The molecular weight excluding hydrogens is 312 g/mol. The molecule has 102 valence electrons. The third kappa shape index (κ3) is 3.33. The number of hydrogen-bond acceptors (Lipinski definition) is 3. The van der Waals surface area contributed by atoms with Crippen LogP contribution in [0.3, 0.4) is 0 Å². The molecule has 5 nitrogen and oxygen atoms in total. The molecule has 0 unspecified atom stereocenters. The van der Waals surface area contributed by atoms with Crippen LogP contribution in [0.5, 0.6) is 0 Å². The van der Waals surface area contributed by atoms with Gasteiger partial charge in [0.2, 0.25) is 0 Å². The quantitative estimate of drug-likeness (QED) is 0.907. The lowest BCUT2D eigenvalue weighted by Crippen LogP contribution is -2.19. The molecule has 0 atom stereocenters. The molecule has 0 fully saturated rings. The van der Waals surface area contributed by atoms with Crippen LogP contribution in [0.25, 0.3) is 11.0 Å². The van der Waals surface area contributed by atoms with E-state index in [1.165, 1.54) is 0 Å². The molecule has 0 saturated carbocycles. The predicted molar refractivity (Wildman–Crippen MR) is 75.3 cm³/mol. The van der Waals surface area contributed by atoms with Crippen molar-refractivity contribution in [3.63, 3.8) is 0 Å². The fourth-order valence-corrected chi connectivity index (χ4v) is 2.11. The first-order chi connectivity index (χ1) is 8.76. The number of carboxylic acids is 1. The van der Waals surface area contributed by atoms with Crippen LogP contribution in [0, 0.1) is 0 Å². The number of nitrogens with one attached hydrogen (secondary N) is 1. The lowest BCUT2D eigenvalue weighted by molar-refractivity contribution is -0.0177. The molecule has 0 aliphatic rings. The van der Waals surface area contributed by atoms with Gasteiger partial charge in [-0.3, -0.25) is 0 Å². The van der Waals surface area contributed by atoms with Crippen molar-refractivity contribution >= 4 is 32.9 Å². The van der Waals surface area contributed by atoms with E-state index in [2.05, 4.69) is 25.9 Å². The molecule has 2 N–H and O–H groups in total. The zero-order valence-corrected chi connectivity index (χ0v) is 12.5. The predicted octanol–water partition coefficient (Wildman–Crippen LogP) is 3.34. The largest absolute Gasteiger partial charge is 0.478 e. The van der Waals surface area contributed by atoms with Gasteiger partial charge in [0.15, 0.2) is 0 Å². The number of imidazole rings is 1. The Labute approximate surface area is 119 Å². The highest BCUT2D eigenvalue weighted by molar-refractivity contribution is 9.10. The van der Waals surface area contributed by atoms with Gasteiger partial charge >= 0.3 is 5.97 Å². The van der Waals surface area contributed by atoms with Crippen molar-refractivity contribution < 1.29 is 14.6 Å². The Hall–Kier alpha value is -1.40. The van der Waals surface area contributed by atoms with E-state index in [0.29, 0.717) is 27.9 Å². The number of ether oxygens (including phenoxy) is 1. The molecule has 1 aromatic carbocycles. The van der Waals surface area contributed by atoms with Crippen LogP contribution < -0.4 is 0 Å². The average molecular weight is 327 g/mol. The molecule has 6 heteroatoms. The Morgan fingerprint density at radius 3 is 2.74 bits per heavy atom. The first-order valence-electron chi connectivity index (χ1n) is 5.81. The minimum absolute atomic E-state index is 0.169. The number of halogens is 1. The van der Waals surface area contributed by atoms with Crippen LogP contribution in [0.15, 0.2) is 16.6 Å². The maximum absolute atomic E-state index is 11.2. The van der Waals surface area contributed by atoms with E-state index < -0.39 is 5.97 Å². The number of aromatic carboxylic acids is 1. The number of carboxylic acid groups (broad SMARTS) is 1. The second-order valence-electron chi connectivity index (χ2n) is 5.24. The number of rotatable bonds is 3. The molecule has 0 aliphatic carbocycles. The number of carbonyl (C=O) groups is 1. The third-order valence-corrected chi connectivity index (χ3v) is 2.93. The number of fused-ring (bicyclic) bond motifs is 1. The zero-order valence-electron chi connectivity index (χ0n) is 11.0. The van der Waals surface area contributed by atoms with Gasteiger partial charge in [-0.2, -0.15) is 0 Å². The second-order valence-corrected chi connectivity index (χ2v) is 6.15. The van der Waals surface area contributed by atoms with Gasteiger partial charge < -0.3 is 14.8 Å². The summed E-state index contributed by atoms with van der Waals surface area (Å²) < 4.78 is 6.32. The van der Waals surface area contributed by atoms with E-state index in [1.54, 1.807) is 12.1 Å². The Balaban J connectivity index is 2.40. The highest BCUT2D eigenvalue weighted by Gasteiger charge is 2.16. The number of aromatic nitrogens is 2. The number of benzene rings is 1. The standard InChI is InChI=1S/C13H15BrN2O3/c1-13(2,3)19-6-10-15-9-5-7(14)4-8(12(17)18)11(9)16-10/h4-5H,6H2,1-3H3,(H,15,16)(H,17,18). The molecular formula is C13H15BrN2O3. The summed E-state index contributed by atoms with van der Waals surface area (Å²) in [4.78, 5) is 18.6. The molecule has 1 heterocycles. The summed E-state index contributed by atoms with van der Waals surface area (Å²) in [5, 5.41) is 9.17. The Bertz CT molecular complexity index is 629. The summed E-state index contributed by atoms with van der Waals surface area (Å²) in [6.07, 6.45) is 0. The Morgan fingerprint density at radius 1 is 1.47 bits per heavy atom. The molecule has 0 radical (unpaired) electrons. The SMILES string of the molecule is CC(C)(C)OCc1nc2c(C(=O)O)cc(Br)cc2[nH]1. The van der Waals surface area contributed by atoms with Crippen LogP contribution >= 0.6 is 15.9 Å². The van der Waals surface area contributed by atoms with E-state index >= 15 is 0 Å². The Kier molecular flexibility index (Phi) is 3.64. The third-order valence-electron chi connectivity index (χ3n) is 2.47. The van der Waals surface area contributed by atoms with Crippen LogP contribution in [-0.4, -0.2) is 26.6 Å². The lowest BCUT2D eigenvalue weighted by atomic mass is 10.2. The molecule has 0 amide bonds. The van der Waals surface area contributed by atoms with Gasteiger partial charge in [-0.25, -0.2) is 9.78 Å². The molecule has 0 spiro atoms. The van der Waals surface area contributed by atoms with Crippen LogP contribution in [0.4, 0.5) is 0 Å². The molecule has 2 rings (SSSR count). The number of nitrogens with zero attached hydrogens (tertiary/aromatic N) is 1. The fraction of sp³-hybridized carbons (Fsp3) is 0.385. The van der Waals surface area contributed by atoms with E-state index in [1.807, 2.05) is 20.8 Å². The molecule has 1 aromatic heterocycles. The number of aromatic amines is 1. The summed E-state index contributed by atoms with van der Waals surface area (Å²) in [5.41, 5.74) is 1.03.